The third-order valence-electron chi connectivity index (χ3n) is 5.72. The number of rotatable bonds is 4. The zero-order valence-corrected chi connectivity index (χ0v) is 17.7. The first-order valence-electron chi connectivity index (χ1n) is 10.2. The molecule has 0 radical (unpaired) electrons. The Morgan fingerprint density at radius 1 is 1.15 bits per heavy atom. The molecule has 1 aliphatic rings. The topological polar surface area (TPSA) is 100 Å². The number of fused-ring (bicyclic) bond motifs is 2. The zero-order chi connectivity index (χ0) is 23.1. The Labute approximate surface area is 186 Å². The van der Waals surface area contributed by atoms with Crippen LogP contribution in [0.25, 0.3) is 21.8 Å². The molecule has 0 unspecified atom stereocenters. The predicted octanol–water partition coefficient (Wildman–Crippen LogP) is 3.11. The summed E-state index contributed by atoms with van der Waals surface area (Å²) in [7, 11) is 0. The molecule has 3 aromatic heterocycles. The maximum Gasteiger partial charge on any atom is 0.246 e. The van der Waals surface area contributed by atoms with Crippen LogP contribution in [0.4, 0.5) is 14.6 Å². The van der Waals surface area contributed by atoms with Crippen molar-refractivity contribution in [3.8, 4) is 11.6 Å². The van der Waals surface area contributed by atoms with E-state index in [1.807, 2.05) is 4.90 Å². The highest BCUT2D eigenvalue weighted by Crippen LogP contribution is 2.37. The fraction of sp³-hybridized carbons (Fsp3) is 0.227. The number of ether oxygens (including phenoxy) is 1. The van der Waals surface area contributed by atoms with Gasteiger partial charge < -0.3 is 14.5 Å². The molecular formula is C22H19F2N7O2. The zero-order valence-electron chi connectivity index (χ0n) is 17.7. The highest BCUT2D eigenvalue weighted by molar-refractivity contribution is 5.93. The van der Waals surface area contributed by atoms with Gasteiger partial charge in [-0.05, 0) is 19.1 Å². The fourth-order valence-corrected chi connectivity index (χ4v) is 3.94. The van der Waals surface area contributed by atoms with E-state index >= 15 is 0 Å². The van der Waals surface area contributed by atoms with Crippen LogP contribution >= 0.6 is 0 Å². The Bertz CT molecular complexity index is 1400. The number of nitrogens with one attached hydrogen (secondary N) is 1. The fourth-order valence-electron chi connectivity index (χ4n) is 3.94. The third-order valence-corrected chi connectivity index (χ3v) is 5.72. The number of piperazine rings is 1. The van der Waals surface area contributed by atoms with Crippen molar-refractivity contribution in [2.24, 2.45) is 0 Å². The van der Waals surface area contributed by atoms with Crippen molar-refractivity contribution in [2.75, 3.05) is 31.1 Å². The Kier molecular flexibility index (Phi) is 5.08. The van der Waals surface area contributed by atoms with Crippen molar-refractivity contribution >= 4 is 33.5 Å². The van der Waals surface area contributed by atoms with E-state index in [1.54, 1.807) is 11.0 Å². The van der Waals surface area contributed by atoms with E-state index < -0.39 is 11.6 Å². The van der Waals surface area contributed by atoms with E-state index in [1.165, 1.54) is 31.7 Å². The number of carbonyl (C=O) groups excluding carboxylic acids is 1. The molecule has 4 aromatic rings. The summed E-state index contributed by atoms with van der Waals surface area (Å²) in [5, 5.41) is 7.16. The van der Waals surface area contributed by atoms with Gasteiger partial charge in [0.05, 0.1) is 11.6 Å². The normalized spacial score (nSPS) is 14.2. The number of pyridine rings is 1. The van der Waals surface area contributed by atoms with Crippen LogP contribution in [-0.2, 0) is 4.79 Å². The van der Waals surface area contributed by atoms with E-state index in [-0.39, 0.29) is 34.0 Å². The van der Waals surface area contributed by atoms with E-state index in [0.29, 0.717) is 42.9 Å². The van der Waals surface area contributed by atoms with Gasteiger partial charge in [-0.15, -0.1) is 0 Å². The number of hydrogen-bond acceptors (Lipinski definition) is 7. The van der Waals surface area contributed by atoms with Crippen LogP contribution in [0.5, 0.6) is 11.6 Å². The number of hydrogen-bond donors (Lipinski definition) is 1. The Morgan fingerprint density at radius 2 is 1.94 bits per heavy atom. The summed E-state index contributed by atoms with van der Waals surface area (Å²) < 4.78 is 35.2. The van der Waals surface area contributed by atoms with Gasteiger partial charge in [0.25, 0.3) is 0 Å². The maximum atomic E-state index is 14.9. The second-order valence-electron chi connectivity index (χ2n) is 7.57. The van der Waals surface area contributed by atoms with Gasteiger partial charge in [0.2, 0.25) is 11.8 Å². The lowest BCUT2D eigenvalue weighted by Crippen LogP contribution is -2.48. The minimum atomic E-state index is -0.836. The number of benzene rings is 1. The highest BCUT2D eigenvalue weighted by Gasteiger charge is 2.24. The summed E-state index contributed by atoms with van der Waals surface area (Å²) in [6.07, 6.45) is 5.50. The molecule has 33 heavy (non-hydrogen) atoms. The summed E-state index contributed by atoms with van der Waals surface area (Å²) in [5.41, 5.74) is 0.237. The van der Waals surface area contributed by atoms with Crippen molar-refractivity contribution in [1.29, 1.82) is 0 Å². The third kappa shape index (κ3) is 3.41. The number of aromatic nitrogens is 5. The summed E-state index contributed by atoms with van der Waals surface area (Å²) in [4.78, 5) is 28.6. The molecule has 0 atom stereocenters. The molecule has 1 amide bonds. The molecule has 1 saturated heterocycles. The maximum absolute atomic E-state index is 14.9. The quantitative estimate of drug-likeness (QED) is 0.476. The van der Waals surface area contributed by atoms with Gasteiger partial charge in [-0.1, -0.05) is 6.58 Å². The number of halogens is 2. The van der Waals surface area contributed by atoms with Crippen LogP contribution in [-0.4, -0.2) is 62.1 Å². The number of nitrogens with zero attached hydrogens (tertiary/aromatic N) is 6. The predicted molar refractivity (Wildman–Crippen MR) is 117 cm³/mol. The van der Waals surface area contributed by atoms with E-state index in [2.05, 4.69) is 31.7 Å². The van der Waals surface area contributed by atoms with Crippen molar-refractivity contribution in [1.82, 2.24) is 30.0 Å². The first-order chi connectivity index (χ1) is 16.0. The van der Waals surface area contributed by atoms with Crippen LogP contribution < -0.4 is 9.64 Å². The molecule has 11 heteroatoms. The number of anilines is 1. The molecule has 4 heterocycles. The average molecular weight is 451 g/mol. The summed E-state index contributed by atoms with van der Waals surface area (Å²) in [6, 6.07) is 1.75. The van der Waals surface area contributed by atoms with Gasteiger partial charge in [0.15, 0.2) is 17.4 Å². The molecule has 0 bridgehead atoms. The van der Waals surface area contributed by atoms with E-state index in [0.717, 1.165) is 0 Å². The molecule has 0 saturated carbocycles. The first kappa shape index (κ1) is 20.7. The molecular weight excluding hydrogens is 432 g/mol. The number of amides is 1. The smallest absolute Gasteiger partial charge is 0.246 e. The Morgan fingerprint density at radius 3 is 2.70 bits per heavy atom. The lowest BCUT2D eigenvalue weighted by Gasteiger charge is -2.35. The molecule has 168 valence electrons. The van der Waals surface area contributed by atoms with Gasteiger partial charge >= 0.3 is 0 Å². The largest absolute Gasteiger partial charge is 0.433 e. The average Bonchev–Trinajstić information content (AvgIpc) is 3.34. The van der Waals surface area contributed by atoms with Crippen LogP contribution in [0.3, 0.4) is 0 Å². The van der Waals surface area contributed by atoms with Crippen LogP contribution in [0.15, 0.2) is 37.4 Å². The van der Waals surface area contributed by atoms with Gasteiger partial charge in [-0.2, -0.15) is 5.10 Å². The second kappa shape index (κ2) is 8.08. The number of carbonyl (C=O) groups is 1. The van der Waals surface area contributed by atoms with E-state index in [4.69, 9.17) is 4.74 Å². The van der Waals surface area contributed by atoms with Crippen LogP contribution in [0.2, 0.25) is 0 Å². The number of aromatic amines is 1. The van der Waals surface area contributed by atoms with Crippen molar-refractivity contribution in [2.45, 2.75) is 6.92 Å². The van der Waals surface area contributed by atoms with Crippen molar-refractivity contribution in [3.63, 3.8) is 0 Å². The lowest BCUT2D eigenvalue weighted by atomic mass is 10.1. The van der Waals surface area contributed by atoms with Gasteiger partial charge in [0, 0.05) is 43.3 Å². The van der Waals surface area contributed by atoms with Crippen molar-refractivity contribution in [3.05, 3.63) is 54.6 Å². The molecule has 1 N–H and O–H groups in total. The van der Waals surface area contributed by atoms with Crippen LogP contribution in [0.1, 0.15) is 5.56 Å². The van der Waals surface area contributed by atoms with Crippen LogP contribution in [0, 0.1) is 18.6 Å². The molecule has 9 nitrogen and oxygen atoms in total. The molecule has 1 aromatic carbocycles. The molecule has 1 fully saturated rings. The van der Waals surface area contributed by atoms with E-state index in [9.17, 15) is 13.6 Å². The highest BCUT2D eigenvalue weighted by atomic mass is 19.1. The van der Waals surface area contributed by atoms with Crippen molar-refractivity contribution < 1.29 is 18.3 Å². The summed E-state index contributed by atoms with van der Waals surface area (Å²) in [5.74, 6) is -1.14. The Hall–Kier alpha value is -4.15. The standard InChI is InChI=1S/C22H19F2N7O2/c1-3-15(32)30-6-8-31(9-7-30)21-13-4-5-25-22(19(13)26-11-27-21)33-20-14-10-28-29-18(14)16(23)12(2)17(20)24/h3-5,10-11H,1,6-9H2,2H3,(H,28,29). The van der Waals surface area contributed by atoms with Gasteiger partial charge in [0.1, 0.15) is 23.2 Å². The molecule has 0 aliphatic carbocycles. The minimum Gasteiger partial charge on any atom is -0.433 e. The molecule has 1 aliphatic heterocycles. The number of H-pyrrole nitrogens is 1. The lowest BCUT2D eigenvalue weighted by molar-refractivity contribution is -0.126. The molecule has 0 spiro atoms. The minimum absolute atomic E-state index is 0.0476. The van der Waals surface area contributed by atoms with Gasteiger partial charge in [-0.25, -0.2) is 23.7 Å². The molecule has 5 rings (SSSR count). The summed E-state index contributed by atoms with van der Waals surface area (Å²) in [6.45, 7) is 7.07. The summed E-state index contributed by atoms with van der Waals surface area (Å²) >= 11 is 0. The second-order valence-corrected chi connectivity index (χ2v) is 7.57. The monoisotopic (exact) mass is 451 g/mol. The van der Waals surface area contributed by atoms with Gasteiger partial charge in [-0.3, -0.25) is 9.89 Å². The Balaban J connectivity index is 1.53. The first-order valence-corrected chi connectivity index (χ1v) is 10.2. The SMILES string of the molecule is C=CC(=O)N1CCN(c2ncnc3c(Oc4c(F)c(C)c(F)c5[nH]ncc45)nccc23)CC1.